The highest BCUT2D eigenvalue weighted by Crippen LogP contribution is 2.38. The Bertz CT molecular complexity index is 276. The molecule has 0 aromatic heterocycles. The van der Waals surface area contributed by atoms with Crippen molar-refractivity contribution in [2.75, 3.05) is 6.54 Å². The third kappa shape index (κ3) is 2.27. The molecule has 1 fully saturated rings. The Balaban J connectivity index is 2.84. The van der Waals surface area contributed by atoms with Gasteiger partial charge in [-0.25, -0.2) is 0 Å². The zero-order valence-electron chi connectivity index (χ0n) is 8.65. The average molecular weight is 245 g/mol. The molecule has 0 saturated carbocycles. The molecule has 1 heterocycles. The van der Waals surface area contributed by atoms with Gasteiger partial charge in [0.05, 0.1) is 0 Å². The van der Waals surface area contributed by atoms with Crippen molar-refractivity contribution in [1.29, 1.82) is 0 Å². The molecule has 1 aliphatic rings. The molecule has 94 valence electrons. The second-order valence-electron chi connectivity index (χ2n) is 3.92. The molecule has 0 aliphatic carbocycles. The Labute approximate surface area is 89.4 Å². The van der Waals surface area contributed by atoms with Crippen molar-refractivity contribution in [2.45, 2.75) is 44.3 Å². The lowest BCUT2D eigenvalue weighted by molar-refractivity contribution is -0.275. The summed E-state index contributed by atoms with van der Waals surface area (Å²) >= 11 is 0. The number of alkyl halides is 5. The summed E-state index contributed by atoms with van der Waals surface area (Å²) in [5.74, 6) is -7.41. The van der Waals surface area contributed by atoms with E-state index in [9.17, 15) is 26.7 Å². The fourth-order valence-electron chi connectivity index (χ4n) is 1.70. The molecular formula is C9H12F5NO. The van der Waals surface area contributed by atoms with Crippen LogP contribution in [0.15, 0.2) is 0 Å². The number of amides is 1. The summed E-state index contributed by atoms with van der Waals surface area (Å²) in [4.78, 5) is 11.8. The smallest absolute Gasteiger partial charge is 0.334 e. The molecule has 1 saturated heterocycles. The zero-order valence-corrected chi connectivity index (χ0v) is 8.65. The van der Waals surface area contributed by atoms with Crippen molar-refractivity contribution < 1.29 is 26.7 Å². The first-order chi connectivity index (χ1) is 7.18. The van der Waals surface area contributed by atoms with Crippen molar-refractivity contribution in [2.24, 2.45) is 0 Å². The van der Waals surface area contributed by atoms with Crippen LogP contribution in [-0.4, -0.2) is 35.5 Å². The van der Waals surface area contributed by atoms with Crippen LogP contribution in [0.5, 0.6) is 0 Å². The largest absolute Gasteiger partial charge is 0.463 e. The maximum absolute atomic E-state index is 12.8. The second-order valence-corrected chi connectivity index (χ2v) is 3.92. The number of likely N-dealkylation sites (tertiary alicyclic amines) is 1. The lowest BCUT2D eigenvalue weighted by Gasteiger charge is -2.35. The maximum Gasteiger partial charge on any atom is 0.463 e. The number of nitrogens with zero attached hydrogens (tertiary/aromatic N) is 1. The second kappa shape index (κ2) is 4.18. The predicted molar refractivity (Wildman–Crippen MR) is 46.0 cm³/mol. The van der Waals surface area contributed by atoms with Crippen molar-refractivity contribution >= 4 is 5.91 Å². The van der Waals surface area contributed by atoms with E-state index in [1.807, 2.05) is 0 Å². The van der Waals surface area contributed by atoms with Gasteiger partial charge < -0.3 is 4.90 Å². The van der Waals surface area contributed by atoms with Crippen LogP contribution < -0.4 is 0 Å². The summed E-state index contributed by atoms with van der Waals surface area (Å²) in [6.07, 6.45) is -4.16. The minimum Gasteiger partial charge on any atom is -0.334 e. The topological polar surface area (TPSA) is 20.3 Å². The van der Waals surface area contributed by atoms with Gasteiger partial charge in [0, 0.05) is 12.6 Å². The molecule has 1 aliphatic heterocycles. The van der Waals surface area contributed by atoms with Crippen LogP contribution in [0.3, 0.4) is 0 Å². The highest BCUT2D eigenvalue weighted by atomic mass is 19.4. The van der Waals surface area contributed by atoms with E-state index in [0.717, 1.165) is 6.42 Å². The Morgan fingerprint density at radius 3 is 2.19 bits per heavy atom. The molecular weight excluding hydrogens is 233 g/mol. The van der Waals surface area contributed by atoms with E-state index in [1.165, 1.54) is 6.92 Å². The summed E-state index contributed by atoms with van der Waals surface area (Å²) in [5, 5.41) is 0. The Kier molecular flexibility index (Phi) is 3.44. The highest BCUT2D eigenvalue weighted by Gasteiger charge is 2.64. The Morgan fingerprint density at radius 1 is 1.19 bits per heavy atom. The number of carbonyl (C=O) groups is 1. The van der Waals surface area contributed by atoms with Crippen molar-refractivity contribution in [3.8, 4) is 0 Å². The van der Waals surface area contributed by atoms with Crippen molar-refractivity contribution in [1.82, 2.24) is 4.90 Å². The Morgan fingerprint density at radius 2 is 1.75 bits per heavy atom. The van der Waals surface area contributed by atoms with Gasteiger partial charge >= 0.3 is 18.0 Å². The number of piperidine rings is 1. The molecule has 1 unspecified atom stereocenters. The van der Waals surface area contributed by atoms with E-state index in [0.29, 0.717) is 17.7 Å². The molecule has 0 N–H and O–H groups in total. The molecule has 1 rings (SSSR count). The normalized spacial score (nSPS) is 23.4. The monoisotopic (exact) mass is 245 g/mol. The highest BCUT2D eigenvalue weighted by molar-refractivity contribution is 5.84. The lowest BCUT2D eigenvalue weighted by atomic mass is 10.0. The van der Waals surface area contributed by atoms with Gasteiger partial charge in [-0.05, 0) is 26.2 Å². The fourth-order valence-corrected chi connectivity index (χ4v) is 1.70. The standard InChI is InChI=1S/C9H12F5NO/c1-6-4-2-3-5-15(6)7(16)8(10,11)9(12,13)14/h6H,2-5H2,1H3. The average Bonchev–Trinajstić information content (AvgIpc) is 2.15. The van der Waals surface area contributed by atoms with Crippen LogP contribution in [0.4, 0.5) is 22.0 Å². The molecule has 0 radical (unpaired) electrons. The molecule has 7 heteroatoms. The van der Waals surface area contributed by atoms with Gasteiger partial charge in [0.15, 0.2) is 0 Å². The quantitative estimate of drug-likeness (QED) is 0.650. The van der Waals surface area contributed by atoms with E-state index in [2.05, 4.69) is 0 Å². The van der Waals surface area contributed by atoms with Gasteiger partial charge in [-0.2, -0.15) is 22.0 Å². The molecule has 0 aromatic rings. The van der Waals surface area contributed by atoms with E-state index in [-0.39, 0.29) is 6.54 Å². The number of carbonyl (C=O) groups excluding carboxylic acids is 1. The van der Waals surface area contributed by atoms with Gasteiger partial charge in [0.2, 0.25) is 0 Å². The van der Waals surface area contributed by atoms with E-state index >= 15 is 0 Å². The summed E-state index contributed by atoms with van der Waals surface area (Å²) in [5.41, 5.74) is 0. The SMILES string of the molecule is CC1CCCCN1C(=O)C(F)(F)C(F)(F)F. The van der Waals surface area contributed by atoms with Crippen LogP contribution in [0.1, 0.15) is 26.2 Å². The molecule has 0 aromatic carbocycles. The summed E-state index contributed by atoms with van der Waals surface area (Å²) in [6.45, 7) is 1.44. The number of hydrogen-bond acceptors (Lipinski definition) is 1. The van der Waals surface area contributed by atoms with E-state index in [4.69, 9.17) is 0 Å². The van der Waals surface area contributed by atoms with Gasteiger partial charge in [-0.3, -0.25) is 4.79 Å². The molecule has 0 bridgehead atoms. The number of rotatable bonds is 1. The first kappa shape index (κ1) is 13.2. The van der Waals surface area contributed by atoms with Crippen LogP contribution in [0.2, 0.25) is 0 Å². The first-order valence-corrected chi connectivity index (χ1v) is 4.93. The van der Waals surface area contributed by atoms with E-state index in [1.54, 1.807) is 0 Å². The van der Waals surface area contributed by atoms with Crippen LogP contribution in [0.25, 0.3) is 0 Å². The van der Waals surface area contributed by atoms with Crippen molar-refractivity contribution in [3.05, 3.63) is 0 Å². The third-order valence-electron chi connectivity index (χ3n) is 2.69. The van der Waals surface area contributed by atoms with Crippen LogP contribution in [0, 0.1) is 0 Å². The minimum absolute atomic E-state index is 0.0360. The minimum atomic E-state index is -5.82. The third-order valence-corrected chi connectivity index (χ3v) is 2.69. The maximum atomic E-state index is 12.8. The molecule has 16 heavy (non-hydrogen) atoms. The summed E-state index contributed by atoms with van der Waals surface area (Å²) in [7, 11) is 0. The van der Waals surface area contributed by atoms with Gasteiger partial charge in [0.1, 0.15) is 0 Å². The molecule has 2 nitrogen and oxygen atoms in total. The number of hydrogen-bond donors (Lipinski definition) is 0. The molecule has 1 atom stereocenters. The van der Waals surface area contributed by atoms with Crippen molar-refractivity contribution in [3.63, 3.8) is 0 Å². The van der Waals surface area contributed by atoms with Gasteiger partial charge in [-0.1, -0.05) is 0 Å². The lowest BCUT2D eigenvalue weighted by Crippen LogP contribution is -2.55. The number of halogens is 5. The summed E-state index contributed by atoms with van der Waals surface area (Å²) < 4.78 is 61.4. The molecule has 0 spiro atoms. The van der Waals surface area contributed by atoms with Crippen LogP contribution >= 0.6 is 0 Å². The molecule has 1 amide bonds. The van der Waals surface area contributed by atoms with E-state index < -0.39 is 24.0 Å². The predicted octanol–water partition coefficient (Wildman–Crippen LogP) is 2.59. The van der Waals surface area contributed by atoms with Crippen LogP contribution in [-0.2, 0) is 4.79 Å². The van der Waals surface area contributed by atoms with Gasteiger partial charge in [-0.15, -0.1) is 0 Å². The van der Waals surface area contributed by atoms with Gasteiger partial charge in [0.25, 0.3) is 0 Å². The fraction of sp³-hybridized carbons (Fsp3) is 0.889. The Hall–Kier alpha value is -0.880. The summed E-state index contributed by atoms with van der Waals surface area (Å²) in [6, 6.07) is -0.561. The first-order valence-electron chi connectivity index (χ1n) is 4.93. The zero-order chi connectivity index (χ0) is 12.6.